The molecule has 7 nitrogen and oxygen atoms in total. The number of rotatable bonds is 4. The van der Waals surface area contributed by atoms with Crippen molar-refractivity contribution in [2.75, 3.05) is 26.7 Å². The number of hydrogen-bond donors (Lipinski definition) is 1. The van der Waals surface area contributed by atoms with E-state index in [2.05, 4.69) is 15.0 Å². The van der Waals surface area contributed by atoms with Gasteiger partial charge in [0.1, 0.15) is 9.09 Å². The molecule has 3 rings (SSSR count). The Morgan fingerprint density at radius 1 is 1.40 bits per heavy atom. The molecule has 1 saturated heterocycles. The molecule has 2 aromatic heterocycles. The molecule has 25 heavy (non-hydrogen) atoms. The third-order valence-corrected chi connectivity index (χ3v) is 7.24. The highest BCUT2D eigenvalue weighted by Gasteiger charge is 2.35. The quantitative estimate of drug-likeness (QED) is 0.781. The van der Waals surface area contributed by atoms with E-state index in [1.807, 2.05) is 6.07 Å². The minimum Gasteiger partial charge on any atom is -0.465 e. The number of carbonyl (C=O) groups is 1. The minimum atomic E-state index is -3.70. The van der Waals surface area contributed by atoms with Crippen LogP contribution < -0.4 is 5.32 Å². The number of carbonyl (C=O) groups excluding carboxylic acids is 1. The maximum absolute atomic E-state index is 13.0. The Morgan fingerprint density at radius 2 is 2.20 bits per heavy atom. The fourth-order valence-corrected chi connectivity index (χ4v) is 5.58. The van der Waals surface area contributed by atoms with E-state index in [0.29, 0.717) is 19.6 Å². The van der Waals surface area contributed by atoms with Crippen LogP contribution >= 0.6 is 23.7 Å². The van der Waals surface area contributed by atoms with Crippen LogP contribution in [0.25, 0.3) is 0 Å². The molecular formula is C15H18ClN3O4S2. The van der Waals surface area contributed by atoms with Crippen molar-refractivity contribution in [3.8, 4) is 0 Å². The minimum absolute atomic E-state index is 0. The average molecular weight is 404 g/mol. The van der Waals surface area contributed by atoms with Gasteiger partial charge in [0.15, 0.2) is 0 Å². The lowest BCUT2D eigenvalue weighted by Crippen LogP contribution is -2.48. The molecule has 1 atom stereocenters. The molecule has 0 spiro atoms. The standard InChI is InChI=1S/C15H17N3O4S2.ClH/c1-22-15(19)13-4-5-14(23-13)24(20,21)18-8-7-17-10-12(18)11-3-2-6-16-9-11;/h2-6,9,12,17H,7-8,10H2,1H3;1H. The van der Waals surface area contributed by atoms with Gasteiger partial charge >= 0.3 is 5.97 Å². The van der Waals surface area contributed by atoms with Gasteiger partial charge in [-0.3, -0.25) is 4.98 Å². The summed E-state index contributed by atoms with van der Waals surface area (Å²) in [6.45, 7) is 1.44. The van der Waals surface area contributed by atoms with Gasteiger partial charge < -0.3 is 10.1 Å². The highest BCUT2D eigenvalue weighted by atomic mass is 35.5. The van der Waals surface area contributed by atoms with Crippen molar-refractivity contribution >= 4 is 39.7 Å². The predicted octanol–water partition coefficient (Wildman–Crippen LogP) is 1.69. The fourth-order valence-electron chi connectivity index (χ4n) is 2.62. The van der Waals surface area contributed by atoms with E-state index in [4.69, 9.17) is 0 Å². The topological polar surface area (TPSA) is 88.6 Å². The predicted molar refractivity (Wildman–Crippen MR) is 96.6 cm³/mol. The number of piperazine rings is 1. The monoisotopic (exact) mass is 403 g/mol. The lowest BCUT2D eigenvalue weighted by molar-refractivity contribution is 0.0606. The summed E-state index contributed by atoms with van der Waals surface area (Å²) in [7, 11) is -2.44. The molecule has 1 aliphatic rings. The van der Waals surface area contributed by atoms with Crippen LogP contribution in [0.1, 0.15) is 21.3 Å². The van der Waals surface area contributed by atoms with Gasteiger partial charge in [0.2, 0.25) is 0 Å². The molecular weight excluding hydrogens is 386 g/mol. The van der Waals surface area contributed by atoms with Crippen LogP contribution in [0.2, 0.25) is 0 Å². The number of pyridine rings is 1. The van der Waals surface area contributed by atoms with Gasteiger partial charge in [-0.05, 0) is 23.8 Å². The number of sulfonamides is 1. The van der Waals surface area contributed by atoms with Crippen molar-refractivity contribution in [2.24, 2.45) is 0 Å². The van der Waals surface area contributed by atoms with Crippen LogP contribution in [-0.2, 0) is 14.8 Å². The SMILES string of the molecule is COC(=O)c1ccc(S(=O)(=O)N2CCNCC2c2cccnc2)s1.Cl. The van der Waals surface area contributed by atoms with Crippen LogP contribution in [0.3, 0.4) is 0 Å². The summed E-state index contributed by atoms with van der Waals surface area (Å²) in [6.07, 6.45) is 3.33. The molecule has 136 valence electrons. The van der Waals surface area contributed by atoms with Gasteiger partial charge in [0, 0.05) is 32.0 Å². The summed E-state index contributed by atoms with van der Waals surface area (Å²) >= 11 is 0.923. The smallest absolute Gasteiger partial charge is 0.348 e. The van der Waals surface area contributed by atoms with Crippen LogP contribution in [0, 0.1) is 0 Å². The highest BCUT2D eigenvalue weighted by molar-refractivity contribution is 7.91. The van der Waals surface area contributed by atoms with E-state index < -0.39 is 16.0 Å². The summed E-state index contributed by atoms with van der Waals surface area (Å²) in [6, 6.07) is 6.25. The summed E-state index contributed by atoms with van der Waals surface area (Å²) in [5, 5.41) is 3.21. The number of nitrogens with zero attached hydrogens (tertiary/aromatic N) is 2. The Bertz CT molecular complexity index is 826. The maximum Gasteiger partial charge on any atom is 0.348 e. The van der Waals surface area contributed by atoms with Crippen LogP contribution in [0.15, 0.2) is 40.9 Å². The summed E-state index contributed by atoms with van der Waals surface area (Å²) in [5.74, 6) is -0.537. The molecule has 1 fully saturated rings. The number of methoxy groups -OCH3 is 1. The van der Waals surface area contributed by atoms with Crippen molar-refractivity contribution in [3.63, 3.8) is 0 Å². The Kier molecular flexibility index (Phi) is 6.53. The fraction of sp³-hybridized carbons (Fsp3) is 0.333. The van der Waals surface area contributed by atoms with Crippen molar-refractivity contribution in [1.82, 2.24) is 14.6 Å². The van der Waals surface area contributed by atoms with E-state index >= 15 is 0 Å². The first kappa shape index (κ1) is 19.8. The summed E-state index contributed by atoms with van der Waals surface area (Å²) < 4.78 is 32.3. The number of aromatic nitrogens is 1. The third kappa shape index (κ3) is 4.01. The summed E-state index contributed by atoms with van der Waals surface area (Å²) in [5.41, 5.74) is 0.832. The summed E-state index contributed by atoms with van der Waals surface area (Å²) in [4.78, 5) is 15.9. The largest absolute Gasteiger partial charge is 0.465 e. The Labute approximate surface area is 156 Å². The molecule has 0 bridgehead atoms. The van der Waals surface area contributed by atoms with E-state index in [-0.39, 0.29) is 27.5 Å². The molecule has 10 heteroatoms. The van der Waals surface area contributed by atoms with Crippen LogP contribution in [-0.4, -0.2) is 50.4 Å². The van der Waals surface area contributed by atoms with Crippen LogP contribution in [0.4, 0.5) is 0 Å². The number of nitrogens with one attached hydrogen (secondary N) is 1. The first-order valence-corrected chi connectivity index (χ1v) is 9.60. The highest BCUT2D eigenvalue weighted by Crippen LogP contribution is 2.32. The number of halogens is 1. The zero-order valence-corrected chi connectivity index (χ0v) is 15.9. The zero-order valence-electron chi connectivity index (χ0n) is 13.4. The van der Waals surface area contributed by atoms with Crippen molar-refractivity contribution in [3.05, 3.63) is 47.1 Å². The molecule has 0 saturated carbocycles. The van der Waals surface area contributed by atoms with Crippen molar-refractivity contribution < 1.29 is 17.9 Å². The first-order chi connectivity index (χ1) is 11.5. The molecule has 0 aliphatic carbocycles. The van der Waals surface area contributed by atoms with E-state index in [1.165, 1.54) is 23.5 Å². The van der Waals surface area contributed by atoms with Gasteiger partial charge in [-0.2, -0.15) is 4.31 Å². The normalized spacial score (nSPS) is 18.4. The second kappa shape index (κ2) is 8.24. The van der Waals surface area contributed by atoms with E-state index in [0.717, 1.165) is 16.9 Å². The Hall–Kier alpha value is -1.52. The average Bonchev–Trinajstić information content (AvgIpc) is 3.13. The second-order valence-corrected chi connectivity index (χ2v) is 8.43. The number of ether oxygens (including phenoxy) is 1. The van der Waals surface area contributed by atoms with Gasteiger partial charge in [0.25, 0.3) is 10.0 Å². The molecule has 1 N–H and O–H groups in total. The van der Waals surface area contributed by atoms with Crippen molar-refractivity contribution in [1.29, 1.82) is 0 Å². The first-order valence-electron chi connectivity index (χ1n) is 7.34. The molecule has 1 unspecified atom stereocenters. The number of hydrogen-bond acceptors (Lipinski definition) is 7. The molecule has 1 aliphatic heterocycles. The van der Waals surface area contributed by atoms with Gasteiger partial charge in [-0.25, -0.2) is 13.2 Å². The molecule has 2 aromatic rings. The zero-order chi connectivity index (χ0) is 17.2. The Morgan fingerprint density at radius 3 is 2.88 bits per heavy atom. The Balaban J connectivity index is 0.00000225. The second-order valence-electron chi connectivity index (χ2n) is 5.23. The lowest BCUT2D eigenvalue weighted by atomic mass is 10.1. The molecule has 3 heterocycles. The van der Waals surface area contributed by atoms with E-state index in [1.54, 1.807) is 18.5 Å². The lowest BCUT2D eigenvalue weighted by Gasteiger charge is -2.34. The van der Waals surface area contributed by atoms with E-state index in [9.17, 15) is 13.2 Å². The van der Waals surface area contributed by atoms with Gasteiger partial charge in [-0.15, -0.1) is 23.7 Å². The maximum atomic E-state index is 13.0. The van der Waals surface area contributed by atoms with Crippen molar-refractivity contribution in [2.45, 2.75) is 10.3 Å². The third-order valence-electron chi connectivity index (χ3n) is 3.79. The molecule has 0 radical (unpaired) electrons. The number of esters is 1. The molecule has 0 amide bonds. The van der Waals surface area contributed by atoms with Crippen LogP contribution in [0.5, 0.6) is 0 Å². The van der Waals surface area contributed by atoms with Gasteiger partial charge in [0.05, 0.1) is 13.2 Å². The molecule has 0 aromatic carbocycles. The number of thiophene rings is 1. The van der Waals surface area contributed by atoms with Gasteiger partial charge in [-0.1, -0.05) is 6.07 Å².